The van der Waals surface area contributed by atoms with Crippen molar-refractivity contribution in [3.63, 3.8) is 0 Å². The van der Waals surface area contributed by atoms with E-state index < -0.39 is 21.7 Å². The summed E-state index contributed by atoms with van der Waals surface area (Å²) < 4.78 is 35.0. The van der Waals surface area contributed by atoms with E-state index >= 15 is 0 Å². The molecule has 1 amide bonds. The minimum Gasteiger partial charge on any atom is -0.417 e. The number of benzene rings is 2. The molecule has 0 spiro atoms. The van der Waals surface area contributed by atoms with Gasteiger partial charge in [-0.05, 0) is 24.3 Å². The van der Waals surface area contributed by atoms with E-state index in [0.717, 1.165) is 0 Å². The summed E-state index contributed by atoms with van der Waals surface area (Å²) in [6.45, 7) is 1.26. The lowest BCUT2D eigenvalue weighted by Gasteiger charge is -2.09. The summed E-state index contributed by atoms with van der Waals surface area (Å²) in [4.78, 5) is 23.1. The molecule has 3 rings (SSSR count). The van der Waals surface area contributed by atoms with Crippen molar-refractivity contribution in [2.45, 2.75) is 11.8 Å². The Kier molecular flexibility index (Phi) is 4.28. The van der Waals surface area contributed by atoms with Crippen molar-refractivity contribution in [3.8, 4) is 5.75 Å². The van der Waals surface area contributed by atoms with Gasteiger partial charge in [0.1, 0.15) is 10.6 Å². The van der Waals surface area contributed by atoms with Gasteiger partial charge in [-0.25, -0.2) is 4.79 Å². The van der Waals surface area contributed by atoms with E-state index in [1.807, 2.05) is 0 Å². The molecular weight excluding hydrogens is 346 g/mol. The van der Waals surface area contributed by atoms with E-state index in [9.17, 15) is 18.0 Å². The number of hydrogen-bond donors (Lipinski definition) is 1. The first-order chi connectivity index (χ1) is 11.9. The molecule has 0 atom stereocenters. The molecule has 1 N–H and O–H groups in total. The van der Waals surface area contributed by atoms with Gasteiger partial charge in [0, 0.05) is 12.3 Å². The SMILES string of the molecule is CC(=O)Nc1cc2cccc(OS(=O)(=O)c3ccccc3)c2oc1=O. The van der Waals surface area contributed by atoms with Crippen LogP contribution in [0.25, 0.3) is 11.0 Å². The van der Waals surface area contributed by atoms with E-state index in [1.165, 1.54) is 31.2 Å². The number of para-hydroxylation sites is 1. The maximum atomic E-state index is 12.3. The predicted molar refractivity (Wildman–Crippen MR) is 91.0 cm³/mol. The number of anilines is 1. The van der Waals surface area contributed by atoms with Crippen molar-refractivity contribution in [2.24, 2.45) is 0 Å². The zero-order chi connectivity index (χ0) is 18.0. The lowest BCUT2D eigenvalue weighted by atomic mass is 10.2. The fraction of sp³-hybridized carbons (Fsp3) is 0.0588. The standard InChI is InChI=1S/C17H13NO6S/c1-11(19)18-14-10-12-6-5-9-15(16(12)23-17(14)20)24-25(21,22)13-7-3-2-4-8-13/h2-10H,1H3,(H,18,19). The van der Waals surface area contributed by atoms with Crippen LogP contribution in [0.3, 0.4) is 0 Å². The average molecular weight is 359 g/mol. The normalized spacial score (nSPS) is 11.2. The topological polar surface area (TPSA) is 103 Å². The quantitative estimate of drug-likeness (QED) is 0.567. The van der Waals surface area contributed by atoms with Gasteiger partial charge in [-0.15, -0.1) is 0 Å². The van der Waals surface area contributed by atoms with Gasteiger partial charge in [0.2, 0.25) is 5.91 Å². The third kappa shape index (κ3) is 3.53. The fourth-order valence-corrected chi connectivity index (χ4v) is 3.17. The van der Waals surface area contributed by atoms with Gasteiger partial charge in [0.25, 0.3) is 0 Å². The second-order valence-corrected chi connectivity index (χ2v) is 6.70. The van der Waals surface area contributed by atoms with Crippen LogP contribution in [-0.4, -0.2) is 14.3 Å². The Balaban J connectivity index is 2.07. The molecule has 0 saturated carbocycles. The molecule has 3 aromatic rings. The highest BCUT2D eigenvalue weighted by atomic mass is 32.2. The first-order valence-corrected chi connectivity index (χ1v) is 8.62. The van der Waals surface area contributed by atoms with Gasteiger partial charge in [0.15, 0.2) is 11.3 Å². The summed E-state index contributed by atoms with van der Waals surface area (Å²) in [5, 5.41) is 2.76. The maximum absolute atomic E-state index is 12.3. The summed E-state index contributed by atoms with van der Waals surface area (Å²) in [7, 11) is -4.08. The smallest absolute Gasteiger partial charge is 0.360 e. The zero-order valence-corrected chi connectivity index (χ0v) is 13.9. The minimum atomic E-state index is -4.08. The molecule has 1 heterocycles. The van der Waals surface area contributed by atoms with Gasteiger partial charge in [0.05, 0.1) is 0 Å². The van der Waals surface area contributed by atoms with Gasteiger partial charge >= 0.3 is 15.7 Å². The average Bonchev–Trinajstić information content (AvgIpc) is 2.56. The van der Waals surface area contributed by atoms with Crippen molar-refractivity contribution < 1.29 is 21.8 Å². The summed E-state index contributed by atoms with van der Waals surface area (Å²) in [5.41, 5.74) is -0.875. The predicted octanol–water partition coefficient (Wildman–Crippen LogP) is 2.52. The van der Waals surface area contributed by atoms with E-state index in [2.05, 4.69) is 5.32 Å². The molecule has 0 aliphatic heterocycles. The molecule has 0 saturated heterocycles. The number of rotatable bonds is 4. The van der Waals surface area contributed by atoms with Crippen molar-refractivity contribution in [1.82, 2.24) is 0 Å². The van der Waals surface area contributed by atoms with Crippen molar-refractivity contribution in [3.05, 3.63) is 65.0 Å². The van der Waals surface area contributed by atoms with Crippen LogP contribution in [0, 0.1) is 0 Å². The highest BCUT2D eigenvalue weighted by Crippen LogP contribution is 2.28. The molecule has 0 unspecified atom stereocenters. The first kappa shape index (κ1) is 16.7. The van der Waals surface area contributed by atoms with Gasteiger partial charge in [-0.3, -0.25) is 4.79 Å². The second kappa shape index (κ2) is 6.40. The molecule has 7 nitrogen and oxygen atoms in total. The van der Waals surface area contributed by atoms with Crippen molar-refractivity contribution in [1.29, 1.82) is 0 Å². The number of carbonyl (C=O) groups is 1. The molecule has 0 radical (unpaired) electrons. The highest BCUT2D eigenvalue weighted by Gasteiger charge is 2.19. The molecule has 1 aromatic heterocycles. The Bertz CT molecular complexity index is 1100. The number of fused-ring (bicyclic) bond motifs is 1. The molecular formula is C17H13NO6S. The van der Waals surface area contributed by atoms with Crippen LogP contribution in [0.5, 0.6) is 5.75 Å². The van der Waals surface area contributed by atoms with Crippen LogP contribution in [0.4, 0.5) is 5.69 Å². The summed E-state index contributed by atoms with van der Waals surface area (Å²) in [6.07, 6.45) is 0. The van der Waals surface area contributed by atoms with Crippen LogP contribution in [-0.2, 0) is 14.9 Å². The van der Waals surface area contributed by atoms with Gasteiger partial charge in [-0.1, -0.05) is 30.3 Å². The van der Waals surface area contributed by atoms with Crippen LogP contribution in [0.2, 0.25) is 0 Å². The first-order valence-electron chi connectivity index (χ1n) is 7.21. The number of hydrogen-bond acceptors (Lipinski definition) is 6. The Morgan fingerprint density at radius 2 is 1.80 bits per heavy atom. The van der Waals surface area contributed by atoms with Crippen LogP contribution < -0.4 is 15.1 Å². The van der Waals surface area contributed by atoms with E-state index in [-0.39, 0.29) is 21.9 Å². The zero-order valence-electron chi connectivity index (χ0n) is 13.1. The fourth-order valence-electron chi connectivity index (χ4n) is 2.21. The number of nitrogens with one attached hydrogen (secondary N) is 1. The van der Waals surface area contributed by atoms with Crippen LogP contribution >= 0.6 is 0 Å². The summed E-state index contributed by atoms with van der Waals surface area (Å²) in [5.74, 6) is -0.543. The lowest BCUT2D eigenvalue weighted by molar-refractivity contribution is -0.114. The van der Waals surface area contributed by atoms with E-state index in [1.54, 1.807) is 30.3 Å². The number of carbonyl (C=O) groups excluding carboxylic acids is 1. The Morgan fingerprint density at radius 1 is 1.08 bits per heavy atom. The second-order valence-electron chi connectivity index (χ2n) is 5.15. The van der Waals surface area contributed by atoms with Crippen molar-refractivity contribution >= 4 is 32.7 Å². The lowest BCUT2D eigenvalue weighted by Crippen LogP contribution is -2.15. The molecule has 0 aliphatic carbocycles. The Labute approximate surface area is 143 Å². The number of amides is 1. The maximum Gasteiger partial charge on any atom is 0.360 e. The van der Waals surface area contributed by atoms with Gasteiger partial charge in [-0.2, -0.15) is 8.42 Å². The monoisotopic (exact) mass is 359 g/mol. The molecule has 0 aliphatic rings. The van der Waals surface area contributed by atoms with E-state index in [4.69, 9.17) is 8.60 Å². The molecule has 0 bridgehead atoms. The third-order valence-electron chi connectivity index (χ3n) is 3.27. The largest absolute Gasteiger partial charge is 0.417 e. The third-order valence-corrected chi connectivity index (χ3v) is 4.51. The van der Waals surface area contributed by atoms with Crippen LogP contribution in [0.15, 0.2) is 68.7 Å². The Morgan fingerprint density at radius 3 is 2.48 bits per heavy atom. The molecule has 0 fully saturated rings. The summed E-state index contributed by atoms with van der Waals surface area (Å²) >= 11 is 0. The van der Waals surface area contributed by atoms with Crippen molar-refractivity contribution in [2.75, 3.05) is 5.32 Å². The highest BCUT2D eigenvalue weighted by molar-refractivity contribution is 7.87. The molecule has 25 heavy (non-hydrogen) atoms. The molecule has 2 aromatic carbocycles. The van der Waals surface area contributed by atoms with Gasteiger partial charge < -0.3 is 13.9 Å². The summed E-state index contributed by atoms with van der Waals surface area (Å²) in [6, 6.07) is 13.5. The van der Waals surface area contributed by atoms with E-state index in [0.29, 0.717) is 5.39 Å². The molecule has 8 heteroatoms. The van der Waals surface area contributed by atoms with Crippen LogP contribution in [0.1, 0.15) is 6.92 Å². The molecule has 128 valence electrons. The minimum absolute atomic E-state index is 0.0239. The Hall–Kier alpha value is -3.13.